The fourth-order valence-electron chi connectivity index (χ4n) is 2.34. The van der Waals surface area contributed by atoms with Gasteiger partial charge in [0.15, 0.2) is 0 Å². The lowest BCUT2D eigenvalue weighted by Gasteiger charge is -2.07. The van der Waals surface area contributed by atoms with Crippen molar-refractivity contribution in [1.29, 1.82) is 0 Å². The lowest BCUT2D eigenvalue weighted by Crippen LogP contribution is -2.12. The zero-order chi connectivity index (χ0) is 16.4. The van der Waals surface area contributed by atoms with Crippen molar-refractivity contribution in [3.05, 3.63) is 51.9 Å². The van der Waals surface area contributed by atoms with Crippen LogP contribution in [-0.4, -0.2) is 19.6 Å². The third kappa shape index (κ3) is 3.09. The van der Waals surface area contributed by atoms with Crippen LogP contribution >= 0.6 is 11.3 Å². The van der Waals surface area contributed by atoms with E-state index in [9.17, 15) is 9.90 Å². The molecule has 0 fully saturated rings. The first kappa shape index (κ1) is 15.2. The molecule has 2 heterocycles. The highest BCUT2D eigenvalue weighted by molar-refractivity contribution is 7.13. The molecule has 0 saturated carbocycles. The second kappa shape index (κ2) is 6.21. The van der Waals surface area contributed by atoms with Crippen molar-refractivity contribution in [3.63, 3.8) is 0 Å². The van der Waals surface area contributed by atoms with Gasteiger partial charge in [-0.1, -0.05) is 17.4 Å². The van der Waals surface area contributed by atoms with Crippen LogP contribution in [0.1, 0.15) is 12.6 Å². The molecule has 3 aromatic rings. The number of phenols is 1. The van der Waals surface area contributed by atoms with E-state index in [1.807, 2.05) is 19.9 Å². The molecule has 0 spiro atoms. The summed E-state index contributed by atoms with van der Waals surface area (Å²) in [4.78, 5) is 21.5. The Balaban J connectivity index is 1.96. The molecule has 0 amide bonds. The third-order valence-corrected chi connectivity index (χ3v) is 4.55. The van der Waals surface area contributed by atoms with Crippen LogP contribution in [-0.2, 0) is 6.54 Å². The summed E-state index contributed by atoms with van der Waals surface area (Å²) in [5.74, 6) is 0.580. The molecule has 6 nitrogen and oxygen atoms in total. The van der Waals surface area contributed by atoms with Crippen LogP contribution in [0.4, 0.5) is 11.6 Å². The first-order valence-electron chi connectivity index (χ1n) is 7.18. The Morgan fingerprint density at radius 2 is 2.17 bits per heavy atom. The molecule has 0 radical (unpaired) electrons. The zero-order valence-electron chi connectivity index (χ0n) is 12.8. The highest BCUT2D eigenvalue weighted by atomic mass is 32.1. The fraction of sp³-hybridized carbons (Fsp3) is 0.188. The van der Waals surface area contributed by atoms with Gasteiger partial charge in [0, 0.05) is 30.2 Å². The van der Waals surface area contributed by atoms with Crippen molar-refractivity contribution in [3.8, 4) is 16.3 Å². The Kier molecular flexibility index (Phi) is 4.12. The molecule has 3 rings (SSSR count). The van der Waals surface area contributed by atoms with E-state index in [1.54, 1.807) is 35.0 Å². The molecule has 7 heteroatoms. The number of thiazole rings is 1. The van der Waals surface area contributed by atoms with Crippen molar-refractivity contribution >= 4 is 23.0 Å². The van der Waals surface area contributed by atoms with Crippen LogP contribution in [0.3, 0.4) is 0 Å². The van der Waals surface area contributed by atoms with Gasteiger partial charge in [0.25, 0.3) is 0 Å². The van der Waals surface area contributed by atoms with Crippen LogP contribution in [0.5, 0.6) is 5.75 Å². The van der Waals surface area contributed by atoms with Crippen molar-refractivity contribution in [2.75, 3.05) is 5.32 Å². The number of phenolic OH excluding ortho intramolecular Hbond substituents is 1. The fourth-order valence-corrected chi connectivity index (χ4v) is 3.36. The largest absolute Gasteiger partial charge is 0.508 e. The van der Waals surface area contributed by atoms with E-state index in [0.717, 1.165) is 10.6 Å². The quantitative estimate of drug-likeness (QED) is 0.769. The number of aromatic hydroxyl groups is 1. The number of nitrogens with zero attached hydrogens (tertiary/aromatic N) is 3. The average molecular weight is 328 g/mol. The van der Waals surface area contributed by atoms with Gasteiger partial charge >= 0.3 is 4.87 Å². The smallest absolute Gasteiger partial charge is 0.307 e. The molecule has 0 unspecified atom stereocenters. The molecule has 0 bridgehead atoms. The lowest BCUT2D eigenvalue weighted by atomic mass is 10.3. The van der Waals surface area contributed by atoms with Gasteiger partial charge in [0.1, 0.15) is 5.75 Å². The Bertz CT molecular complexity index is 901. The predicted molar refractivity (Wildman–Crippen MR) is 91.4 cm³/mol. The van der Waals surface area contributed by atoms with E-state index in [4.69, 9.17) is 0 Å². The van der Waals surface area contributed by atoms with Gasteiger partial charge in [-0.15, -0.1) is 0 Å². The first-order chi connectivity index (χ1) is 11.1. The van der Waals surface area contributed by atoms with Crippen molar-refractivity contribution < 1.29 is 5.11 Å². The molecule has 23 heavy (non-hydrogen) atoms. The van der Waals surface area contributed by atoms with Crippen LogP contribution in [0, 0.1) is 6.92 Å². The summed E-state index contributed by atoms with van der Waals surface area (Å²) < 4.78 is 1.73. The standard InChI is InChI=1S/C16H16N4O2S/c1-3-20-10(2)14(23-16(20)22)13-7-8-17-15(19-13)18-11-5-4-6-12(21)9-11/h4-9,21H,3H2,1-2H3,(H,17,18,19). The number of nitrogens with one attached hydrogen (secondary N) is 1. The average Bonchev–Trinajstić information content (AvgIpc) is 2.82. The molecular formula is C16H16N4O2S. The van der Waals surface area contributed by atoms with Crippen molar-refractivity contribution in [2.24, 2.45) is 0 Å². The summed E-state index contributed by atoms with van der Waals surface area (Å²) in [6, 6.07) is 8.52. The highest BCUT2D eigenvalue weighted by Crippen LogP contribution is 2.26. The number of anilines is 2. The van der Waals surface area contributed by atoms with Gasteiger partial charge in [-0.2, -0.15) is 0 Å². The zero-order valence-corrected chi connectivity index (χ0v) is 13.6. The first-order valence-corrected chi connectivity index (χ1v) is 8.00. The normalized spacial score (nSPS) is 10.7. The van der Waals surface area contributed by atoms with E-state index in [2.05, 4.69) is 15.3 Å². The SMILES string of the molecule is CCn1c(C)c(-c2ccnc(Nc3cccc(O)c3)n2)sc1=O. The topological polar surface area (TPSA) is 80.0 Å². The Morgan fingerprint density at radius 3 is 2.87 bits per heavy atom. The van der Waals surface area contributed by atoms with E-state index >= 15 is 0 Å². The Morgan fingerprint density at radius 1 is 1.35 bits per heavy atom. The van der Waals surface area contributed by atoms with Gasteiger partial charge in [-0.25, -0.2) is 9.97 Å². The Hall–Kier alpha value is -2.67. The summed E-state index contributed by atoms with van der Waals surface area (Å²) in [7, 11) is 0. The van der Waals surface area contributed by atoms with Crippen molar-refractivity contribution in [2.45, 2.75) is 20.4 Å². The minimum atomic E-state index is 0.0149. The minimum Gasteiger partial charge on any atom is -0.508 e. The predicted octanol–water partition coefficient (Wildman–Crippen LogP) is 3.14. The molecule has 2 aromatic heterocycles. The molecule has 118 valence electrons. The summed E-state index contributed by atoms with van der Waals surface area (Å²) in [6.45, 7) is 4.50. The van der Waals surface area contributed by atoms with Crippen LogP contribution < -0.4 is 10.2 Å². The van der Waals surface area contributed by atoms with E-state index in [-0.39, 0.29) is 10.6 Å². The minimum absolute atomic E-state index is 0.0149. The maximum Gasteiger partial charge on any atom is 0.307 e. The molecule has 0 saturated heterocycles. The number of benzene rings is 1. The van der Waals surface area contributed by atoms with E-state index < -0.39 is 0 Å². The summed E-state index contributed by atoms with van der Waals surface area (Å²) in [5, 5.41) is 12.6. The number of aromatic nitrogens is 3. The van der Waals surface area contributed by atoms with Gasteiger partial charge in [0.05, 0.1) is 10.6 Å². The molecule has 2 N–H and O–H groups in total. The molecule has 0 atom stereocenters. The maximum atomic E-state index is 12.0. The third-order valence-electron chi connectivity index (χ3n) is 3.45. The Labute approximate surface area is 137 Å². The lowest BCUT2D eigenvalue weighted by molar-refractivity contribution is 0.475. The van der Waals surface area contributed by atoms with E-state index in [0.29, 0.717) is 23.9 Å². The summed E-state index contributed by atoms with van der Waals surface area (Å²) in [5.41, 5.74) is 2.30. The van der Waals surface area contributed by atoms with Gasteiger partial charge in [-0.3, -0.25) is 4.79 Å². The van der Waals surface area contributed by atoms with Crippen LogP contribution in [0.2, 0.25) is 0 Å². The second-order valence-electron chi connectivity index (χ2n) is 4.97. The molecular weight excluding hydrogens is 312 g/mol. The van der Waals surface area contributed by atoms with Crippen molar-refractivity contribution in [1.82, 2.24) is 14.5 Å². The van der Waals surface area contributed by atoms with Gasteiger partial charge < -0.3 is 15.0 Å². The highest BCUT2D eigenvalue weighted by Gasteiger charge is 2.13. The van der Waals surface area contributed by atoms with Gasteiger partial charge in [-0.05, 0) is 32.0 Å². The number of rotatable bonds is 4. The summed E-state index contributed by atoms with van der Waals surface area (Å²) in [6.07, 6.45) is 1.65. The number of hydrogen-bond acceptors (Lipinski definition) is 6. The summed E-state index contributed by atoms with van der Waals surface area (Å²) >= 11 is 1.19. The van der Waals surface area contributed by atoms with Crippen LogP contribution in [0.15, 0.2) is 41.3 Å². The monoisotopic (exact) mass is 328 g/mol. The second-order valence-corrected chi connectivity index (χ2v) is 5.93. The van der Waals surface area contributed by atoms with Gasteiger partial charge in [0.2, 0.25) is 5.95 Å². The molecule has 0 aliphatic carbocycles. The van der Waals surface area contributed by atoms with E-state index in [1.165, 1.54) is 11.3 Å². The molecule has 1 aromatic carbocycles. The number of hydrogen-bond donors (Lipinski definition) is 2. The molecule has 0 aliphatic heterocycles. The van der Waals surface area contributed by atoms with Crippen LogP contribution in [0.25, 0.3) is 10.6 Å². The maximum absolute atomic E-state index is 12.0. The molecule has 0 aliphatic rings.